The number of halogens is 1. The Kier molecular flexibility index (Phi) is 3.71. The quantitative estimate of drug-likeness (QED) is 0.711. The van der Waals surface area contributed by atoms with Crippen LogP contribution in [0.1, 0.15) is 26.2 Å². The van der Waals surface area contributed by atoms with Crippen molar-refractivity contribution in [3.8, 4) is 0 Å². The van der Waals surface area contributed by atoms with E-state index in [0.717, 1.165) is 12.8 Å². The highest BCUT2D eigenvalue weighted by Gasteiger charge is 2.23. The normalized spacial score (nSPS) is 16.4. The monoisotopic (exact) mass is 247 g/mol. The Morgan fingerprint density at radius 2 is 2.38 bits per heavy atom. The molecule has 0 fully saturated rings. The molecule has 0 saturated carbocycles. The first-order valence-corrected chi connectivity index (χ1v) is 5.20. The summed E-state index contributed by atoms with van der Waals surface area (Å²) in [5, 5.41) is 5.80. The Balaban J connectivity index is 2.45. The zero-order chi connectivity index (χ0) is 9.84. The molecular weight excluding hydrogens is 234 g/mol. The summed E-state index contributed by atoms with van der Waals surface area (Å²) < 4.78 is 0.621. The number of carbonyl (C=O) groups excluding carboxylic acids is 1. The SMILES string of the molecule is CCCCC(=O)N1CN(C)N=C1Br. The lowest BCUT2D eigenvalue weighted by molar-refractivity contribution is -0.127. The van der Waals surface area contributed by atoms with Gasteiger partial charge < -0.3 is 0 Å². The Bertz CT molecular complexity index is 229. The van der Waals surface area contributed by atoms with Gasteiger partial charge in [-0.25, -0.2) is 0 Å². The van der Waals surface area contributed by atoms with Crippen molar-refractivity contribution in [1.29, 1.82) is 0 Å². The van der Waals surface area contributed by atoms with Gasteiger partial charge >= 0.3 is 0 Å². The number of hydrogen-bond donors (Lipinski definition) is 0. The minimum Gasteiger partial charge on any atom is -0.277 e. The minimum absolute atomic E-state index is 0.141. The van der Waals surface area contributed by atoms with Gasteiger partial charge in [-0.1, -0.05) is 13.3 Å². The second kappa shape index (κ2) is 4.60. The third-order valence-electron chi connectivity index (χ3n) is 1.87. The first kappa shape index (κ1) is 10.5. The second-order valence-corrected chi connectivity index (χ2v) is 3.80. The van der Waals surface area contributed by atoms with Crippen LogP contribution in [0.5, 0.6) is 0 Å². The summed E-state index contributed by atoms with van der Waals surface area (Å²) in [7, 11) is 1.84. The summed E-state index contributed by atoms with van der Waals surface area (Å²) in [6.45, 7) is 2.63. The first-order chi connectivity index (χ1) is 6.15. The van der Waals surface area contributed by atoms with Gasteiger partial charge in [0.1, 0.15) is 6.67 Å². The topological polar surface area (TPSA) is 35.9 Å². The number of hydrazone groups is 1. The molecule has 1 aliphatic rings. The van der Waals surface area contributed by atoms with Crippen molar-refractivity contribution in [2.45, 2.75) is 26.2 Å². The van der Waals surface area contributed by atoms with Crippen molar-refractivity contribution in [2.75, 3.05) is 13.7 Å². The van der Waals surface area contributed by atoms with Crippen molar-refractivity contribution in [1.82, 2.24) is 9.91 Å². The van der Waals surface area contributed by atoms with E-state index in [4.69, 9.17) is 0 Å². The van der Waals surface area contributed by atoms with Crippen LogP contribution in [0, 0.1) is 0 Å². The molecule has 0 unspecified atom stereocenters. The van der Waals surface area contributed by atoms with E-state index in [-0.39, 0.29) is 5.91 Å². The average molecular weight is 248 g/mol. The molecule has 1 aliphatic heterocycles. The van der Waals surface area contributed by atoms with Gasteiger partial charge in [0.05, 0.1) is 0 Å². The molecule has 0 saturated heterocycles. The zero-order valence-electron chi connectivity index (χ0n) is 7.96. The molecule has 74 valence electrons. The number of hydrogen-bond acceptors (Lipinski definition) is 3. The molecule has 0 aliphatic carbocycles. The molecule has 1 rings (SSSR count). The highest BCUT2D eigenvalue weighted by atomic mass is 79.9. The van der Waals surface area contributed by atoms with E-state index in [0.29, 0.717) is 17.8 Å². The fourth-order valence-electron chi connectivity index (χ4n) is 1.13. The van der Waals surface area contributed by atoms with Gasteiger partial charge in [0, 0.05) is 13.5 Å². The fraction of sp³-hybridized carbons (Fsp3) is 0.750. The summed E-state index contributed by atoms with van der Waals surface area (Å²) in [5.41, 5.74) is 0. The van der Waals surface area contributed by atoms with E-state index in [9.17, 15) is 4.79 Å². The van der Waals surface area contributed by atoms with E-state index in [2.05, 4.69) is 28.0 Å². The lowest BCUT2D eigenvalue weighted by Crippen LogP contribution is -2.33. The van der Waals surface area contributed by atoms with Gasteiger partial charge in [-0.05, 0) is 22.4 Å². The van der Waals surface area contributed by atoms with Crippen molar-refractivity contribution in [3.05, 3.63) is 0 Å². The molecule has 0 aromatic rings. The van der Waals surface area contributed by atoms with Crippen LogP contribution in [0.3, 0.4) is 0 Å². The molecule has 4 nitrogen and oxygen atoms in total. The van der Waals surface area contributed by atoms with Crippen LogP contribution < -0.4 is 0 Å². The van der Waals surface area contributed by atoms with Crippen LogP contribution in [-0.4, -0.2) is 34.3 Å². The lowest BCUT2D eigenvalue weighted by atomic mass is 10.2. The smallest absolute Gasteiger partial charge is 0.230 e. The van der Waals surface area contributed by atoms with E-state index < -0.39 is 0 Å². The number of amides is 1. The number of nitrogens with zero attached hydrogens (tertiary/aromatic N) is 3. The maximum absolute atomic E-state index is 11.5. The largest absolute Gasteiger partial charge is 0.277 e. The van der Waals surface area contributed by atoms with Crippen LogP contribution in [0.4, 0.5) is 0 Å². The standard InChI is InChI=1S/C8H14BrN3O/c1-3-4-5-7(13)12-6-11(2)10-8(12)9/h3-6H2,1-2H3. The average Bonchev–Trinajstić information content (AvgIpc) is 2.41. The molecule has 1 amide bonds. The van der Waals surface area contributed by atoms with Crippen molar-refractivity contribution >= 4 is 26.6 Å². The van der Waals surface area contributed by atoms with E-state index >= 15 is 0 Å². The number of amidine groups is 1. The van der Waals surface area contributed by atoms with Gasteiger partial charge in [-0.3, -0.25) is 14.7 Å². The number of carbonyl (C=O) groups is 1. The van der Waals surface area contributed by atoms with Gasteiger partial charge in [0.2, 0.25) is 5.91 Å². The van der Waals surface area contributed by atoms with Gasteiger partial charge in [-0.15, -0.1) is 5.10 Å². The third-order valence-corrected chi connectivity index (χ3v) is 2.45. The molecule has 0 spiro atoms. The van der Waals surface area contributed by atoms with Crippen LogP contribution in [-0.2, 0) is 4.79 Å². The van der Waals surface area contributed by atoms with Gasteiger partial charge in [0.15, 0.2) is 4.74 Å². The third kappa shape index (κ3) is 2.69. The summed E-state index contributed by atoms with van der Waals surface area (Å²) in [4.78, 5) is 13.2. The lowest BCUT2D eigenvalue weighted by Gasteiger charge is -2.15. The Labute approximate surface area is 86.7 Å². The maximum atomic E-state index is 11.5. The molecule has 13 heavy (non-hydrogen) atoms. The predicted octanol–water partition coefficient (Wildman–Crippen LogP) is 1.57. The molecule has 5 heteroatoms. The van der Waals surface area contributed by atoms with Crippen LogP contribution in [0.15, 0.2) is 5.10 Å². The second-order valence-electron chi connectivity index (χ2n) is 3.09. The van der Waals surface area contributed by atoms with Crippen LogP contribution in [0.2, 0.25) is 0 Å². The van der Waals surface area contributed by atoms with Crippen molar-refractivity contribution in [2.24, 2.45) is 5.10 Å². The zero-order valence-corrected chi connectivity index (χ0v) is 9.54. The van der Waals surface area contributed by atoms with Gasteiger partial charge in [0.25, 0.3) is 0 Å². The fourth-order valence-corrected chi connectivity index (χ4v) is 1.71. The van der Waals surface area contributed by atoms with Crippen molar-refractivity contribution < 1.29 is 4.79 Å². The summed E-state index contributed by atoms with van der Waals surface area (Å²) >= 11 is 3.25. The molecule has 0 aromatic carbocycles. The van der Waals surface area contributed by atoms with Crippen LogP contribution >= 0.6 is 15.9 Å². The number of rotatable bonds is 3. The van der Waals surface area contributed by atoms with E-state index in [1.807, 2.05) is 7.05 Å². The molecule has 0 N–H and O–H groups in total. The Morgan fingerprint density at radius 3 is 2.85 bits per heavy atom. The predicted molar refractivity (Wildman–Crippen MR) is 55.4 cm³/mol. The minimum atomic E-state index is 0.141. The van der Waals surface area contributed by atoms with E-state index in [1.165, 1.54) is 0 Å². The Morgan fingerprint density at radius 1 is 1.69 bits per heavy atom. The summed E-state index contributed by atoms with van der Waals surface area (Å²) in [6.07, 6.45) is 2.60. The molecule has 0 radical (unpaired) electrons. The first-order valence-electron chi connectivity index (χ1n) is 4.40. The van der Waals surface area contributed by atoms with Crippen molar-refractivity contribution in [3.63, 3.8) is 0 Å². The highest BCUT2D eigenvalue weighted by Crippen LogP contribution is 2.12. The Hall–Kier alpha value is -0.580. The molecule has 0 atom stereocenters. The maximum Gasteiger partial charge on any atom is 0.230 e. The van der Waals surface area contributed by atoms with Gasteiger partial charge in [-0.2, -0.15) is 0 Å². The molecule has 0 bridgehead atoms. The molecule has 0 aromatic heterocycles. The van der Waals surface area contributed by atoms with Crippen LogP contribution in [0.25, 0.3) is 0 Å². The summed E-state index contributed by atoms with van der Waals surface area (Å²) in [5.74, 6) is 0.141. The number of unbranched alkanes of at least 4 members (excludes halogenated alkanes) is 1. The molecule has 1 heterocycles. The highest BCUT2D eigenvalue weighted by molar-refractivity contribution is 9.18. The summed E-state index contributed by atoms with van der Waals surface area (Å²) in [6, 6.07) is 0. The van der Waals surface area contributed by atoms with E-state index in [1.54, 1.807) is 9.91 Å². The molecular formula is C8H14BrN3O.